The Morgan fingerprint density at radius 1 is 1.24 bits per heavy atom. The van der Waals surface area contributed by atoms with Crippen molar-refractivity contribution in [3.8, 4) is 22.8 Å². The van der Waals surface area contributed by atoms with Crippen LogP contribution in [0.15, 0.2) is 28.8 Å². The highest BCUT2D eigenvalue weighted by Gasteiger charge is 2.12. The molecule has 1 aromatic heterocycles. The molecule has 0 unspecified atom stereocenters. The van der Waals surface area contributed by atoms with Crippen molar-refractivity contribution in [3.63, 3.8) is 0 Å². The molecule has 1 aromatic carbocycles. The van der Waals surface area contributed by atoms with Crippen LogP contribution in [0.2, 0.25) is 0 Å². The van der Waals surface area contributed by atoms with Crippen molar-refractivity contribution in [1.82, 2.24) is 5.16 Å². The molecule has 0 saturated carbocycles. The number of aliphatic hydroxyl groups is 1. The van der Waals surface area contributed by atoms with Gasteiger partial charge in [-0.2, -0.15) is 0 Å². The molecule has 1 N–H and O–H groups in total. The van der Waals surface area contributed by atoms with Crippen molar-refractivity contribution in [1.29, 1.82) is 0 Å². The second-order valence-corrected chi connectivity index (χ2v) is 3.41. The molecule has 5 nitrogen and oxygen atoms in total. The molecule has 0 atom stereocenters. The molecule has 0 spiro atoms. The highest BCUT2D eigenvalue weighted by molar-refractivity contribution is 5.67. The molecule has 2 rings (SSSR count). The van der Waals surface area contributed by atoms with E-state index >= 15 is 0 Å². The first-order chi connectivity index (χ1) is 8.28. The smallest absolute Gasteiger partial charge is 0.170 e. The third kappa shape index (κ3) is 2.24. The van der Waals surface area contributed by atoms with E-state index in [2.05, 4.69) is 5.16 Å². The van der Waals surface area contributed by atoms with Gasteiger partial charge in [-0.25, -0.2) is 0 Å². The number of hydrogen-bond donors (Lipinski definition) is 1. The molecule has 0 fully saturated rings. The Bertz CT molecular complexity index is 507. The number of methoxy groups -OCH3 is 2. The van der Waals surface area contributed by atoms with Gasteiger partial charge in [-0.15, -0.1) is 0 Å². The molecule has 90 valence electrons. The molecule has 0 aliphatic carbocycles. The molecule has 0 bridgehead atoms. The molecule has 0 radical (unpaired) electrons. The minimum Gasteiger partial charge on any atom is -0.497 e. The molecule has 2 aromatic rings. The summed E-state index contributed by atoms with van der Waals surface area (Å²) in [6.07, 6.45) is 0. The van der Waals surface area contributed by atoms with Gasteiger partial charge in [0.05, 0.1) is 26.4 Å². The largest absolute Gasteiger partial charge is 0.497 e. The van der Waals surface area contributed by atoms with Crippen LogP contribution in [0, 0.1) is 0 Å². The van der Waals surface area contributed by atoms with E-state index in [4.69, 9.17) is 19.1 Å². The van der Waals surface area contributed by atoms with Gasteiger partial charge in [0.2, 0.25) is 0 Å². The van der Waals surface area contributed by atoms with Gasteiger partial charge >= 0.3 is 0 Å². The monoisotopic (exact) mass is 235 g/mol. The summed E-state index contributed by atoms with van der Waals surface area (Å²) in [5, 5.41) is 12.6. The number of aliphatic hydroxyl groups excluding tert-OH is 1. The first-order valence-electron chi connectivity index (χ1n) is 5.07. The standard InChI is InChI=1S/C12H13NO4/c1-15-9-3-4-10(11(6-9)16-2)12-5-8(7-14)13-17-12/h3-6,14H,7H2,1-2H3. The summed E-state index contributed by atoms with van der Waals surface area (Å²) < 4.78 is 15.5. The predicted octanol–water partition coefficient (Wildman–Crippen LogP) is 1.85. The molecule has 0 amide bonds. The lowest BCUT2D eigenvalue weighted by atomic mass is 10.1. The Kier molecular flexibility index (Phi) is 3.30. The zero-order chi connectivity index (χ0) is 12.3. The highest BCUT2D eigenvalue weighted by Crippen LogP contribution is 2.33. The van der Waals surface area contributed by atoms with Crippen molar-refractivity contribution in [2.24, 2.45) is 0 Å². The van der Waals surface area contributed by atoms with E-state index in [0.29, 0.717) is 23.0 Å². The predicted molar refractivity (Wildman–Crippen MR) is 61.0 cm³/mol. The van der Waals surface area contributed by atoms with E-state index in [1.54, 1.807) is 32.4 Å². The van der Waals surface area contributed by atoms with E-state index in [1.165, 1.54) is 0 Å². The van der Waals surface area contributed by atoms with Crippen LogP contribution in [0.5, 0.6) is 11.5 Å². The van der Waals surface area contributed by atoms with Crippen LogP contribution in [0.1, 0.15) is 5.69 Å². The lowest BCUT2D eigenvalue weighted by molar-refractivity contribution is 0.267. The van der Waals surface area contributed by atoms with Crippen LogP contribution >= 0.6 is 0 Å². The lowest BCUT2D eigenvalue weighted by Crippen LogP contribution is -1.89. The van der Waals surface area contributed by atoms with Crippen LogP contribution in [-0.2, 0) is 6.61 Å². The summed E-state index contributed by atoms with van der Waals surface area (Å²) >= 11 is 0. The summed E-state index contributed by atoms with van der Waals surface area (Å²) in [5.41, 5.74) is 1.25. The molecular formula is C12H13NO4. The van der Waals surface area contributed by atoms with Crippen molar-refractivity contribution >= 4 is 0 Å². The van der Waals surface area contributed by atoms with Crippen molar-refractivity contribution in [3.05, 3.63) is 30.0 Å². The summed E-state index contributed by atoms with van der Waals surface area (Å²) in [6, 6.07) is 7.05. The van der Waals surface area contributed by atoms with Gasteiger partial charge in [0.15, 0.2) is 5.76 Å². The zero-order valence-corrected chi connectivity index (χ0v) is 9.64. The van der Waals surface area contributed by atoms with Gasteiger partial charge in [0.25, 0.3) is 0 Å². The SMILES string of the molecule is COc1ccc(-c2cc(CO)no2)c(OC)c1. The molecule has 0 saturated heterocycles. The third-order valence-electron chi connectivity index (χ3n) is 2.40. The second-order valence-electron chi connectivity index (χ2n) is 3.41. The number of benzene rings is 1. The average Bonchev–Trinajstić information content (AvgIpc) is 2.86. The first kappa shape index (κ1) is 11.5. The molecule has 1 heterocycles. The normalized spacial score (nSPS) is 10.3. The number of nitrogens with zero attached hydrogens (tertiary/aromatic N) is 1. The van der Waals surface area contributed by atoms with Gasteiger partial charge in [-0.3, -0.25) is 0 Å². The summed E-state index contributed by atoms with van der Waals surface area (Å²) in [4.78, 5) is 0. The van der Waals surface area contributed by atoms with E-state index in [1.807, 2.05) is 6.07 Å². The topological polar surface area (TPSA) is 64.7 Å². The lowest BCUT2D eigenvalue weighted by Gasteiger charge is -2.07. The van der Waals surface area contributed by atoms with Crippen molar-refractivity contribution in [2.75, 3.05) is 14.2 Å². The minimum absolute atomic E-state index is 0.151. The molecule has 0 aliphatic heterocycles. The molecule has 0 aliphatic rings. The van der Waals surface area contributed by atoms with Gasteiger partial charge in [-0.1, -0.05) is 5.16 Å². The van der Waals surface area contributed by atoms with Gasteiger partial charge in [0, 0.05) is 12.1 Å². The maximum absolute atomic E-state index is 8.93. The Balaban J connectivity index is 2.43. The van der Waals surface area contributed by atoms with E-state index in [-0.39, 0.29) is 6.61 Å². The fourth-order valence-electron chi connectivity index (χ4n) is 1.52. The Morgan fingerprint density at radius 3 is 2.65 bits per heavy atom. The number of aromatic nitrogens is 1. The van der Waals surface area contributed by atoms with E-state index < -0.39 is 0 Å². The van der Waals surface area contributed by atoms with Crippen molar-refractivity contribution < 1.29 is 19.1 Å². The maximum Gasteiger partial charge on any atom is 0.170 e. The van der Waals surface area contributed by atoms with Gasteiger partial charge in [0.1, 0.15) is 17.2 Å². The summed E-state index contributed by atoms with van der Waals surface area (Å²) in [7, 11) is 3.16. The minimum atomic E-state index is -0.151. The van der Waals surface area contributed by atoms with E-state index in [9.17, 15) is 0 Å². The first-order valence-corrected chi connectivity index (χ1v) is 5.07. The number of hydrogen-bond acceptors (Lipinski definition) is 5. The fourth-order valence-corrected chi connectivity index (χ4v) is 1.52. The quantitative estimate of drug-likeness (QED) is 0.876. The molecule has 17 heavy (non-hydrogen) atoms. The second kappa shape index (κ2) is 4.88. The molecular weight excluding hydrogens is 222 g/mol. The van der Waals surface area contributed by atoms with Gasteiger partial charge in [-0.05, 0) is 12.1 Å². The van der Waals surface area contributed by atoms with Crippen LogP contribution in [0.4, 0.5) is 0 Å². The number of rotatable bonds is 4. The Labute approximate surface area is 98.6 Å². The average molecular weight is 235 g/mol. The van der Waals surface area contributed by atoms with Crippen molar-refractivity contribution in [2.45, 2.75) is 6.61 Å². The number of ether oxygens (including phenoxy) is 2. The molecule has 5 heteroatoms. The fraction of sp³-hybridized carbons (Fsp3) is 0.250. The van der Waals surface area contributed by atoms with Crippen LogP contribution in [-0.4, -0.2) is 24.5 Å². The summed E-state index contributed by atoms with van der Waals surface area (Å²) in [6.45, 7) is -0.151. The zero-order valence-electron chi connectivity index (χ0n) is 9.64. The Hall–Kier alpha value is -2.01. The Morgan fingerprint density at radius 2 is 2.06 bits per heavy atom. The van der Waals surface area contributed by atoms with Crippen LogP contribution in [0.3, 0.4) is 0 Å². The van der Waals surface area contributed by atoms with Crippen LogP contribution in [0.25, 0.3) is 11.3 Å². The maximum atomic E-state index is 8.93. The third-order valence-corrected chi connectivity index (χ3v) is 2.40. The van der Waals surface area contributed by atoms with E-state index in [0.717, 1.165) is 5.56 Å². The van der Waals surface area contributed by atoms with Gasteiger partial charge < -0.3 is 19.1 Å². The summed E-state index contributed by atoms with van der Waals surface area (Å²) in [5.74, 6) is 1.88. The highest BCUT2D eigenvalue weighted by atomic mass is 16.5. The van der Waals surface area contributed by atoms with Crippen LogP contribution < -0.4 is 9.47 Å².